The molecule has 1 N–H and O–H groups in total. The van der Waals surface area contributed by atoms with Crippen LogP contribution in [0.2, 0.25) is 5.02 Å². The molecule has 0 saturated heterocycles. The molecule has 0 bridgehead atoms. The fourth-order valence-corrected chi connectivity index (χ4v) is 1.74. The second kappa shape index (κ2) is 5.61. The number of hydrogen-bond donors (Lipinski definition) is 1. The molecule has 1 aromatic carbocycles. The summed E-state index contributed by atoms with van der Waals surface area (Å²) in [4.78, 5) is 22.5. The van der Waals surface area contributed by atoms with E-state index in [1.165, 1.54) is 12.1 Å². The Morgan fingerprint density at radius 1 is 1.19 bits per heavy atom. The third kappa shape index (κ3) is 3.63. The number of alkyl halides is 3. The Morgan fingerprint density at radius 2 is 1.90 bits per heavy atom. The largest absolute Gasteiger partial charge is 0.430 e. The molecule has 1 heterocycles. The molecule has 8 heteroatoms. The zero-order valence-electron chi connectivity index (χ0n) is 10.2. The molecule has 1 amide bonds. The topological polar surface area (TPSA) is 59.3 Å². The first kappa shape index (κ1) is 15.1. The number of amides is 1. The minimum Gasteiger partial charge on any atom is -0.430 e. The van der Waals surface area contributed by atoms with Crippen molar-refractivity contribution >= 4 is 23.2 Å². The Balaban J connectivity index is 2.26. The quantitative estimate of drug-likeness (QED) is 0.921. The molecule has 0 aliphatic heterocycles. The van der Waals surface area contributed by atoms with Gasteiger partial charge < -0.3 is 9.73 Å². The van der Waals surface area contributed by atoms with Crippen molar-refractivity contribution in [2.24, 2.45) is 0 Å². The van der Waals surface area contributed by atoms with E-state index >= 15 is 0 Å². The van der Waals surface area contributed by atoms with Gasteiger partial charge in [0.2, 0.25) is 0 Å². The standard InChI is InChI=1S/C13H7ClF3NO3/c14-10-3-2-8(5-9(10)13(15,16)17)18-12(20)7-1-4-11(19)21-6-7/h1-6H,(H,18,20). The van der Waals surface area contributed by atoms with E-state index in [1.54, 1.807) is 0 Å². The fraction of sp³-hybridized carbons (Fsp3) is 0.0769. The number of rotatable bonds is 2. The van der Waals surface area contributed by atoms with Gasteiger partial charge in [0.25, 0.3) is 5.91 Å². The van der Waals surface area contributed by atoms with Crippen molar-refractivity contribution in [2.45, 2.75) is 6.18 Å². The first-order valence-corrected chi connectivity index (χ1v) is 5.92. The van der Waals surface area contributed by atoms with E-state index in [4.69, 9.17) is 11.6 Å². The van der Waals surface area contributed by atoms with Gasteiger partial charge in [-0.1, -0.05) is 11.6 Å². The number of nitrogens with one attached hydrogen (secondary N) is 1. The third-order valence-electron chi connectivity index (χ3n) is 2.49. The Morgan fingerprint density at radius 3 is 2.48 bits per heavy atom. The van der Waals surface area contributed by atoms with Crippen LogP contribution in [0.1, 0.15) is 15.9 Å². The summed E-state index contributed by atoms with van der Waals surface area (Å²) in [6.07, 6.45) is -3.71. The van der Waals surface area contributed by atoms with Gasteiger partial charge in [0.1, 0.15) is 6.26 Å². The number of carbonyl (C=O) groups is 1. The molecule has 0 saturated carbocycles. The molecule has 0 unspecified atom stereocenters. The normalized spacial score (nSPS) is 11.2. The van der Waals surface area contributed by atoms with Gasteiger partial charge >= 0.3 is 11.8 Å². The maximum absolute atomic E-state index is 12.7. The predicted octanol–water partition coefficient (Wildman–Crippen LogP) is 3.56. The molecule has 110 valence electrons. The van der Waals surface area contributed by atoms with Crippen molar-refractivity contribution in [2.75, 3.05) is 5.32 Å². The Labute approximate surface area is 121 Å². The summed E-state index contributed by atoms with van der Waals surface area (Å²) >= 11 is 5.47. The average Bonchev–Trinajstić information content (AvgIpc) is 2.40. The van der Waals surface area contributed by atoms with E-state index in [0.717, 1.165) is 24.5 Å². The Bertz CT molecular complexity index is 720. The Kier molecular flexibility index (Phi) is 4.04. The zero-order chi connectivity index (χ0) is 15.6. The molecule has 0 spiro atoms. The molecule has 0 fully saturated rings. The minimum absolute atomic E-state index is 0.00175. The van der Waals surface area contributed by atoms with Crippen LogP contribution in [0.5, 0.6) is 0 Å². The lowest BCUT2D eigenvalue weighted by Gasteiger charge is -2.11. The molecule has 2 aromatic rings. The Hall–Kier alpha value is -2.28. The second-order valence-corrected chi connectivity index (χ2v) is 4.40. The van der Waals surface area contributed by atoms with Gasteiger partial charge in [-0.05, 0) is 24.3 Å². The molecule has 1 aromatic heterocycles. The lowest BCUT2D eigenvalue weighted by atomic mass is 10.2. The van der Waals surface area contributed by atoms with Crippen LogP contribution in [0.25, 0.3) is 0 Å². The summed E-state index contributed by atoms with van der Waals surface area (Å²) in [5, 5.41) is 1.79. The van der Waals surface area contributed by atoms with E-state index in [2.05, 4.69) is 9.73 Å². The number of benzene rings is 1. The van der Waals surface area contributed by atoms with E-state index in [0.29, 0.717) is 0 Å². The first-order chi connectivity index (χ1) is 9.77. The van der Waals surface area contributed by atoms with Crippen LogP contribution in [0.3, 0.4) is 0 Å². The lowest BCUT2D eigenvalue weighted by molar-refractivity contribution is -0.137. The van der Waals surface area contributed by atoms with Gasteiger partial charge in [0.15, 0.2) is 0 Å². The SMILES string of the molecule is O=C(Nc1ccc(Cl)c(C(F)(F)F)c1)c1ccc(=O)oc1. The van der Waals surface area contributed by atoms with Crippen LogP contribution in [-0.4, -0.2) is 5.91 Å². The highest BCUT2D eigenvalue weighted by Gasteiger charge is 2.33. The minimum atomic E-state index is -4.63. The van der Waals surface area contributed by atoms with Crippen molar-refractivity contribution in [3.05, 3.63) is 63.2 Å². The summed E-state index contributed by atoms with van der Waals surface area (Å²) < 4.78 is 42.6. The third-order valence-corrected chi connectivity index (χ3v) is 2.82. The highest BCUT2D eigenvalue weighted by molar-refractivity contribution is 6.31. The van der Waals surface area contributed by atoms with Crippen LogP contribution in [-0.2, 0) is 6.18 Å². The van der Waals surface area contributed by atoms with Gasteiger partial charge in [-0.3, -0.25) is 4.79 Å². The van der Waals surface area contributed by atoms with Gasteiger partial charge in [-0.25, -0.2) is 4.79 Å². The molecule has 2 rings (SSSR count). The summed E-state index contributed by atoms with van der Waals surface area (Å²) in [6.45, 7) is 0. The van der Waals surface area contributed by atoms with Gasteiger partial charge in [0.05, 0.1) is 16.1 Å². The average molecular weight is 318 g/mol. The molecule has 4 nitrogen and oxygen atoms in total. The molecule has 0 radical (unpaired) electrons. The maximum Gasteiger partial charge on any atom is 0.417 e. The van der Waals surface area contributed by atoms with Crippen molar-refractivity contribution in [3.8, 4) is 0 Å². The molecule has 0 aliphatic rings. The second-order valence-electron chi connectivity index (χ2n) is 3.99. The monoisotopic (exact) mass is 317 g/mol. The summed E-state index contributed by atoms with van der Waals surface area (Å²) in [6, 6.07) is 5.21. The molecular formula is C13H7ClF3NO3. The van der Waals surface area contributed by atoms with Gasteiger partial charge in [-0.15, -0.1) is 0 Å². The van der Waals surface area contributed by atoms with Crippen LogP contribution < -0.4 is 10.9 Å². The first-order valence-electron chi connectivity index (χ1n) is 5.54. The van der Waals surface area contributed by atoms with E-state index in [9.17, 15) is 22.8 Å². The van der Waals surface area contributed by atoms with Crippen LogP contribution in [0, 0.1) is 0 Å². The summed E-state index contributed by atoms with van der Waals surface area (Å²) in [5.74, 6) is -0.714. The number of hydrogen-bond acceptors (Lipinski definition) is 3. The maximum atomic E-state index is 12.7. The van der Waals surface area contributed by atoms with Crippen LogP contribution in [0.4, 0.5) is 18.9 Å². The molecule has 0 aliphatic carbocycles. The smallest absolute Gasteiger partial charge is 0.417 e. The van der Waals surface area contributed by atoms with E-state index in [-0.39, 0.29) is 11.3 Å². The van der Waals surface area contributed by atoms with Gasteiger partial charge in [-0.2, -0.15) is 13.2 Å². The van der Waals surface area contributed by atoms with Crippen molar-refractivity contribution in [1.29, 1.82) is 0 Å². The van der Waals surface area contributed by atoms with Crippen LogP contribution in [0.15, 0.2) is 45.8 Å². The lowest BCUT2D eigenvalue weighted by Crippen LogP contribution is -2.14. The molecule has 0 atom stereocenters. The number of halogens is 4. The van der Waals surface area contributed by atoms with Crippen LogP contribution >= 0.6 is 11.6 Å². The number of carbonyl (C=O) groups excluding carboxylic acids is 1. The fourth-order valence-electron chi connectivity index (χ4n) is 1.51. The highest BCUT2D eigenvalue weighted by Crippen LogP contribution is 2.36. The number of anilines is 1. The van der Waals surface area contributed by atoms with E-state index < -0.39 is 28.3 Å². The van der Waals surface area contributed by atoms with E-state index in [1.807, 2.05) is 0 Å². The van der Waals surface area contributed by atoms with Crippen molar-refractivity contribution < 1.29 is 22.4 Å². The predicted molar refractivity (Wildman–Crippen MR) is 69.4 cm³/mol. The summed E-state index contributed by atoms with van der Waals surface area (Å²) in [5.41, 5.74) is -1.78. The molecule has 21 heavy (non-hydrogen) atoms. The zero-order valence-corrected chi connectivity index (χ0v) is 11.0. The van der Waals surface area contributed by atoms with Gasteiger partial charge in [0, 0.05) is 11.8 Å². The summed E-state index contributed by atoms with van der Waals surface area (Å²) in [7, 11) is 0. The van der Waals surface area contributed by atoms with Crippen molar-refractivity contribution in [3.63, 3.8) is 0 Å². The molecular weight excluding hydrogens is 311 g/mol. The highest BCUT2D eigenvalue weighted by atomic mass is 35.5. The van der Waals surface area contributed by atoms with Crippen molar-refractivity contribution in [1.82, 2.24) is 0 Å².